The van der Waals surface area contributed by atoms with E-state index < -0.39 is 0 Å². The monoisotopic (exact) mass is 284 g/mol. The first-order chi connectivity index (χ1) is 10.3. The number of hydrogen-bond donors (Lipinski definition) is 0. The lowest BCUT2D eigenvalue weighted by atomic mass is 10.0. The van der Waals surface area contributed by atoms with Crippen LogP contribution < -0.4 is 9.47 Å². The van der Waals surface area contributed by atoms with Gasteiger partial charge in [-0.25, -0.2) is 4.98 Å². The largest absolute Gasteiger partial charge is 0.454 e. The zero-order chi connectivity index (χ0) is 14.2. The Morgan fingerprint density at radius 2 is 2.05 bits per heavy atom. The summed E-state index contributed by atoms with van der Waals surface area (Å²) in [4.78, 5) is 16.9. The number of benzene rings is 1. The van der Waals surface area contributed by atoms with Gasteiger partial charge in [-0.2, -0.15) is 0 Å². The summed E-state index contributed by atoms with van der Waals surface area (Å²) in [6.45, 7) is 0.560. The summed E-state index contributed by atoms with van der Waals surface area (Å²) in [6, 6.07) is 5.34. The average Bonchev–Trinajstić information content (AvgIpc) is 3.13. The molecule has 0 fully saturated rings. The molecule has 2 aliphatic rings. The average molecular weight is 284 g/mol. The van der Waals surface area contributed by atoms with Crippen LogP contribution in [0.25, 0.3) is 0 Å². The van der Waals surface area contributed by atoms with Gasteiger partial charge >= 0.3 is 0 Å². The van der Waals surface area contributed by atoms with Gasteiger partial charge in [0.05, 0.1) is 18.6 Å². The molecule has 108 valence electrons. The quantitative estimate of drug-likeness (QED) is 0.812. The van der Waals surface area contributed by atoms with Crippen LogP contribution >= 0.6 is 0 Å². The zero-order valence-corrected chi connectivity index (χ0v) is 11.7. The van der Waals surface area contributed by atoms with Gasteiger partial charge in [-0.3, -0.25) is 4.79 Å². The van der Waals surface area contributed by atoms with Crippen LogP contribution in [0.5, 0.6) is 11.5 Å². The molecule has 0 spiro atoms. The van der Waals surface area contributed by atoms with E-state index in [2.05, 4.69) is 4.98 Å². The van der Waals surface area contributed by atoms with Gasteiger partial charge < -0.3 is 14.0 Å². The van der Waals surface area contributed by atoms with Gasteiger partial charge in [-0.15, -0.1) is 0 Å². The van der Waals surface area contributed by atoms with Crippen molar-refractivity contribution in [1.82, 2.24) is 9.55 Å². The Balaban J connectivity index is 1.57. The molecule has 21 heavy (non-hydrogen) atoms. The number of Topliss-reactive ketones (excluding diaryl/α,β-unsaturated/α-hetero) is 1. The normalized spacial score (nSPS) is 15.8. The number of carbonyl (C=O) groups excluding carboxylic acids is 1. The van der Waals surface area contributed by atoms with Crippen molar-refractivity contribution < 1.29 is 14.3 Å². The number of nitrogens with zero attached hydrogens (tertiary/aromatic N) is 2. The molecule has 0 unspecified atom stereocenters. The third-order valence-corrected chi connectivity index (χ3v) is 4.12. The molecule has 2 heterocycles. The molecule has 0 N–H and O–H groups in total. The summed E-state index contributed by atoms with van der Waals surface area (Å²) in [5, 5.41) is 0. The van der Waals surface area contributed by atoms with Crippen LogP contribution in [0.15, 0.2) is 24.5 Å². The molecule has 2 aromatic rings. The topological polar surface area (TPSA) is 53.4 Å². The van der Waals surface area contributed by atoms with Crippen molar-refractivity contribution >= 4 is 5.78 Å². The maximum Gasteiger partial charge on any atom is 0.231 e. The van der Waals surface area contributed by atoms with Gasteiger partial charge in [-0.05, 0) is 43.9 Å². The van der Waals surface area contributed by atoms with Crippen molar-refractivity contribution in [3.05, 3.63) is 41.5 Å². The van der Waals surface area contributed by atoms with E-state index in [1.54, 1.807) is 24.5 Å². The maximum absolute atomic E-state index is 12.5. The lowest BCUT2D eigenvalue weighted by molar-refractivity contribution is 0.0970. The van der Waals surface area contributed by atoms with E-state index in [0.29, 0.717) is 23.6 Å². The second-order valence-corrected chi connectivity index (χ2v) is 5.46. The number of aryl methyl sites for hydroxylation is 1. The number of carbonyl (C=O) groups is 1. The van der Waals surface area contributed by atoms with Crippen molar-refractivity contribution in [2.45, 2.75) is 32.2 Å². The Hall–Kier alpha value is -2.30. The van der Waals surface area contributed by atoms with E-state index >= 15 is 0 Å². The summed E-state index contributed by atoms with van der Waals surface area (Å²) in [5.74, 6) is 1.42. The standard InChI is InChI=1S/C16H16N2O3/c19-14(11-5-6-15-16(7-11)21-10-20-15)8-18-9-17-12-3-1-2-4-13(12)18/h5-7,9H,1-4,8,10H2. The molecule has 1 aliphatic heterocycles. The molecule has 5 nitrogen and oxygen atoms in total. The summed E-state index contributed by atoms with van der Waals surface area (Å²) >= 11 is 0. The highest BCUT2D eigenvalue weighted by molar-refractivity contribution is 5.96. The van der Waals surface area contributed by atoms with Crippen LogP contribution in [-0.2, 0) is 19.4 Å². The van der Waals surface area contributed by atoms with Crippen LogP contribution in [0, 0.1) is 0 Å². The first kappa shape index (κ1) is 12.4. The molecule has 1 aromatic carbocycles. The highest BCUT2D eigenvalue weighted by Gasteiger charge is 2.19. The van der Waals surface area contributed by atoms with E-state index in [9.17, 15) is 4.79 Å². The zero-order valence-electron chi connectivity index (χ0n) is 11.7. The van der Waals surface area contributed by atoms with Crippen molar-refractivity contribution in [2.24, 2.45) is 0 Å². The molecule has 0 radical (unpaired) electrons. The minimum absolute atomic E-state index is 0.0686. The molecular formula is C16H16N2O3. The van der Waals surface area contributed by atoms with Crippen LogP contribution in [0.2, 0.25) is 0 Å². The predicted octanol–water partition coefficient (Wildman–Crippen LogP) is 2.37. The van der Waals surface area contributed by atoms with Gasteiger partial charge in [0.2, 0.25) is 6.79 Å². The first-order valence-electron chi connectivity index (χ1n) is 7.27. The number of rotatable bonds is 3. The number of aromatic nitrogens is 2. The Bertz CT molecular complexity index is 706. The van der Waals surface area contributed by atoms with Gasteiger partial charge in [-0.1, -0.05) is 0 Å². The number of fused-ring (bicyclic) bond motifs is 2. The Morgan fingerprint density at radius 3 is 3.00 bits per heavy atom. The number of imidazole rings is 1. The number of ketones is 1. The lowest BCUT2D eigenvalue weighted by Crippen LogP contribution is -2.14. The van der Waals surface area contributed by atoms with Gasteiger partial charge in [0.1, 0.15) is 0 Å². The summed E-state index contributed by atoms with van der Waals surface area (Å²) in [5.41, 5.74) is 3.02. The van der Waals surface area contributed by atoms with E-state index in [1.807, 2.05) is 4.57 Å². The molecule has 0 amide bonds. The molecule has 0 atom stereocenters. The minimum atomic E-state index is 0.0686. The van der Waals surface area contributed by atoms with Crippen LogP contribution in [0.1, 0.15) is 34.6 Å². The van der Waals surface area contributed by atoms with E-state index in [4.69, 9.17) is 9.47 Å². The summed E-state index contributed by atoms with van der Waals surface area (Å²) in [7, 11) is 0. The third kappa shape index (κ3) is 2.18. The second kappa shape index (κ2) is 4.91. The summed E-state index contributed by atoms with van der Waals surface area (Å²) in [6.07, 6.45) is 6.21. The van der Waals surface area contributed by atoms with Crippen molar-refractivity contribution in [3.63, 3.8) is 0 Å². The van der Waals surface area contributed by atoms with Gasteiger partial charge in [0.15, 0.2) is 17.3 Å². The van der Waals surface area contributed by atoms with Crippen molar-refractivity contribution in [1.29, 1.82) is 0 Å². The number of ether oxygens (including phenoxy) is 2. The lowest BCUT2D eigenvalue weighted by Gasteiger charge is -2.13. The minimum Gasteiger partial charge on any atom is -0.454 e. The van der Waals surface area contributed by atoms with Crippen LogP contribution in [0.4, 0.5) is 0 Å². The molecule has 0 saturated heterocycles. The van der Waals surface area contributed by atoms with Crippen LogP contribution in [-0.4, -0.2) is 22.1 Å². The van der Waals surface area contributed by atoms with E-state index in [-0.39, 0.29) is 12.6 Å². The Kier molecular flexibility index (Phi) is 2.91. The second-order valence-electron chi connectivity index (χ2n) is 5.46. The fourth-order valence-corrected chi connectivity index (χ4v) is 2.98. The van der Waals surface area contributed by atoms with E-state index in [0.717, 1.165) is 18.5 Å². The maximum atomic E-state index is 12.5. The van der Waals surface area contributed by atoms with Crippen molar-refractivity contribution in [2.75, 3.05) is 6.79 Å². The Morgan fingerprint density at radius 1 is 1.19 bits per heavy atom. The van der Waals surface area contributed by atoms with Crippen molar-refractivity contribution in [3.8, 4) is 11.5 Å². The van der Waals surface area contributed by atoms with Gasteiger partial charge in [0.25, 0.3) is 0 Å². The molecule has 0 saturated carbocycles. The first-order valence-corrected chi connectivity index (χ1v) is 7.27. The number of hydrogen-bond acceptors (Lipinski definition) is 4. The summed E-state index contributed by atoms with van der Waals surface area (Å²) < 4.78 is 12.6. The molecular weight excluding hydrogens is 268 g/mol. The van der Waals surface area contributed by atoms with E-state index in [1.165, 1.54) is 18.5 Å². The van der Waals surface area contributed by atoms with Gasteiger partial charge in [0, 0.05) is 11.3 Å². The third-order valence-electron chi connectivity index (χ3n) is 4.12. The smallest absolute Gasteiger partial charge is 0.231 e. The molecule has 1 aliphatic carbocycles. The van der Waals surface area contributed by atoms with Crippen LogP contribution in [0.3, 0.4) is 0 Å². The Labute approximate surface area is 122 Å². The predicted molar refractivity (Wildman–Crippen MR) is 75.8 cm³/mol. The highest BCUT2D eigenvalue weighted by atomic mass is 16.7. The molecule has 4 rings (SSSR count). The molecule has 1 aromatic heterocycles. The SMILES string of the molecule is O=C(Cn1cnc2c1CCCC2)c1ccc2c(c1)OCO2. The molecule has 0 bridgehead atoms. The molecule has 5 heteroatoms. The fraction of sp³-hybridized carbons (Fsp3) is 0.375. The fourth-order valence-electron chi connectivity index (χ4n) is 2.98. The highest BCUT2D eigenvalue weighted by Crippen LogP contribution is 2.32.